The SMILES string of the molecule is CCCCCNCc1ccc(-c2ccccc2-c2nnn(C(c3ccccc3)(c3ccccc3)c3ccccc3)n2)cc1. The summed E-state index contributed by atoms with van der Waals surface area (Å²) in [6.45, 7) is 4.16. The molecular weight excluding hydrogens is 526 g/mol. The van der Waals surface area contributed by atoms with Crippen molar-refractivity contribution in [2.75, 3.05) is 6.54 Å². The minimum Gasteiger partial charge on any atom is -0.313 e. The first-order valence-corrected chi connectivity index (χ1v) is 15.2. The Hall–Kier alpha value is -4.87. The van der Waals surface area contributed by atoms with Crippen molar-refractivity contribution in [3.05, 3.63) is 162 Å². The molecule has 0 amide bonds. The minimum atomic E-state index is -0.810. The minimum absolute atomic E-state index is 0.587. The third-order valence-corrected chi connectivity index (χ3v) is 8.01. The highest BCUT2D eigenvalue weighted by atomic mass is 15.6. The van der Waals surface area contributed by atoms with E-state index in [1.54, 1.807) is 4.80 Å². The number of hydrogen-bond donors (Lipinski definition) is 1. The van der Waals surface area contributed by atoms with Crippen molar-refractivity contribution in [1.82, 2.24) is 25.5 Å². The summed E-state index contributed by atoms with van der Waals surface area (Å²) in [5.74, 6) is 0.587. The largest absolute Gasteiger partial charge is 0.313 e. The van der Waals surface area contributed by atoms with Crippen LogP contribution in [-0.2, 0) is 12.1 Å². The molecule has 0 unspecified atom stereocenters. The molecule has 214 valence electrons. The zero-order valence-corrected chi connectivity index (χ0v) is 24.6. The number of unbranched alkanes of at least 4 members (excludes halogenated alkanes) is 2. The normalized spacial score (nSPS) is 11.5. The van der Waals surface area contributed by atoms with Crippen molar-refractivity contribution in [3.8, 4) is 22.5 Å². The van der Waals surface area contributed by atoms with E-state index in [0.29, 0.717) is 5.82 Å². The summed E-state index contributed by atoms with van der Waals surface area (Å²) in [7, 11) is 0. The molecule has 0 aliphatic carbocycles. The monoisotopic (exact) mass is 563 g/mol. The van der Waals surface area contributed by atoms with Gasteiger partial charge in [0.2, 0.25) is 5.82 Å². The van der Waals surface area contributed by atoms with Gasteiger partial charge in [-0.2, -0.15) is 0 Å². The van der Waals surface area contributed by atoms with Crippen LogP contribution < -0.4 is 5.32 Å². The zero-order chi connectivity index (χ0) is 29.3. The number of nitrogens with one attached hydrogen (secondary N) is 1. The molecule has 0 saturated carbocycles. The molecule has 0 bridgehead atoms. The van der Waals surface area contributed by atoms with Crippen molar-refractivity contribution in [1.29, 1.82) is 0 Å². The second kappa shape index (κ2) is 13.4. The molecule has 0 fully saturated rings. The fourth-order valence-electron chi connectivity index (χ4n) is 5.81. The van der Waals surface area contributed by atoms with Crippen LogP contribution in [0.25, 0.3) is 22.5 Å². The van der Waals surface area contributed by atoms with Gasteiger partial charge in [0.25, 0.3) is 0 Å². The van der Waals surface area contributed by atoms with Crippen molar-refractivity contribution in [3.63, 3.8) is 0 Å². The number of tetrazole rings is 1. The van der Waals surface area contributed by atoms with E-state index in [-0.39, 0.29) is 0 Å². The number of benzene rings is 5. The molecule has 1 aromatic heterocycles. The molecule has 0 aliphatic rings. The Morgan fingerprint density at radius 3 is 1.70 bits per heavy atom. The van der Waals surface area contributed by atoms with Crippen molar-refractivity contribution < 1.29 is 0 Å². The molecule has 1 N–H and O–H groups in total. The molecule has 0 saturated heterocycles. The summed E-state index contributed by atoms with van der Waals surface area (Å²) in [4.78, 5) is 1.78. The molecule has 0 spiro atoms. The molecule has 1 heterocycles. The molecule has 5 nitrogen and oxygen atoms in total. The van der Waals surface area contributed by atoms with E-state index >= 15 is 0 Å². The Morgan fingerprint density at radius 1 is 0.605 bits per heavy atom. The van der Waals surface area contributed by atoms with Crippen LogP contribution in [0.2, 0.25) is 0 Å². The van der Waals surface area contributed by atoms with Gasteiger partial charge in [0.05, 0.1) is 0 Å². The topological polar surface area (TPSA) is 55.6 Å². The highest BCUT2D eigenvalue weighted by Crippen LogP contribution is 2.40. The number of aromatic nitrogens is 4. The Bertz CT molecular complexity index is 1610. The van der Waals surface area contributed by atoms with E-state index in [1.807, 2.05) is 24.3 Å². The maximum atomic E-state index is 5.14. The van der Waals surface area contributed by atoms with Crippen LogP contribution in [0.5, 0.6) is 0 Å². The van der Waals surface area contributed by atoms with Gasteiger partial charge in [-0.15, -0.1) is 15.0 Å². The molecule has 5 aromatic carbocycles. The summed E-state index contributed by atoms with van der Waals surface area (Å²) in [5, 5.41) is 18.1. The van der Waals surface area contributed by atoms with E-state index in [0.717, 1.165) is 46.5 Å². The first-order chi connectivity index (χ1) is 21.3. The average Bonchev–Trinajstić information content (AvgIpc) is 3.57. The number of rotatable bonds is 12. The van der Waals surface area contributed by atoms with Gasteiger partial charge in [-0.1, -0.05) is 159 Å². The van der Waals surface area contributed by atoms with Crippen LogP contribution in [0.15, 0.2) is 140 Å². The molecule has 0 radical (unpaired) electrons. The van der Waals surface area contributed by atoms with Crippen molar-refractivity contribution in [2.24, 2.45) is 0 Å². The summed E-state index contributed by atoms with van der Waals surface area (Å²) in [5.41, 5.74) is 6.80. The van der Waals surface area contributed by atoms with Crippen LogP contribution in [0.3, 0.4) is 0 Å². The Balaban J connectivity index is 1.40. The van der Waals surface area contributed by atoms with E-state index in [9.17, 15) is 0 Å². The van der Waals surface area contributed by atoms with E-state index < -0.39 is 5.54 Å². The van der Waals surface area contributed by atoms with E-state index in [2.05, 4.69) is 133 Å². The zero-order valence-electron chi connectivity index (χ0n) is 24.6. The lowest BCUT2D eigenvalue weighted by molar-refractivity contribution is 0.396. The van der Waals surface area contributed by atoms with Crippen LogP contribution in [0, 0.1) is 0 Å². The predicted molar refractivity (Wildman–Crippen MR) is 175 cm³/mol. The number of nitrogens with zero attached hydrogens (tertiary/aromatic N) is 4. The summed E-state index contributed by atoms with van der Waals surface area (Å²) in [6, 6.07) is 48.4. The lowest BCUT2D eigenvalue weighted by atomic mass is 9.77. The number of hydrogen-bond acceptors (Lipinski definition) is 4. The second-order valence-electron chi connectivity index (χ2n) is 10.8. The quantitative estimate of drug-likeness (QED) is 0.121. The lowest BCUT2D eigenvalue weighted by Gasteiger charge is -2.34. The standard InChI is InChI=1S/C38H37N5/c1-2-3-15-28-39-29-30-24-26-31(27-25-30)35-22-13-14-23-36(35)37-40-42-43(41-37)38(32-16-7-4-8-17-32,33-18-9-5-10-19-33)34-20-11-6-12-21-34/h4-14,16-27,39H,2-3,15,28-29H2,1H3. The van der Waals surface area contributed by atoms with Crippen LogP contribution in [0.4, 0.5) is 0 Å². The third-order valence-electron chi connectivity index (χ3n) is 8.01. The van der Waals surface area contributed by atoms with Crippen LogP contribution in [0.1, 0.15) is 48.4 Å². The van der Waals surface area contributed by atoms with Crippen LogP contribution in [-0.4, -0.2) is 26.8 Å². The average molecular weight is 564 g/mol. The maximum absolute atomic E-state index is 5.14. The highest BCUT2D eigenvalue weighted by Gasteiger charge is 2.41. The van der Waals surface area contributed by atoms with E-state index in [4.69, 9.17) is 10.3 Å². The van der Waals surface area contributed by atoms with Gasteiger partial charge in [-0.3, -0.25) is 0 Å². The molecular formula is C38H37N5. The molecule has 0 aliphatic heterocycles. The fourth-order valence-corrected chi connectivity index (χ4v) is 5.81. The summed E-state index contributed by atoms with van der Waals surface area (Å²) < 4.78 is 0. The molecule has 0 atom stereocenters. The fraction of sp³-hybridized carbons (Fsp3) is 0.184. The smallest absolute Gasteiger partial charge is 0.205 e. The van der Waals surface area contributed by atoms with Gasteiger partial charge in [0.1, 0.15) is 0 Å². The Kier molecular flexibility index (Phi) is 8.81. The first-order valence-electron chi connectivity index (χ1n) is 15.2. The van der Waals surface area contributed by atoms with Gasteiger partial charge in [-0.05, 0) is 51.6 Å². The van der Waals surface area contributed by atoms with E-state index in [1.165, 1.54) is 24.8 Å². The summed E-state index contributed by atoms with van der Waals surface area (Å²) in [6.07, 6.45) is 3.73. The van der Waals surface area contributed by atoms with Gasteiger partial charge in [0.15, 0.2) is 5.54 Å². The van der Waals surface area contributed by atoms with Gasteiger partial charge in [-0.25, -0.2) is 0 Å². The van der Waals surface area contributed by atoms with Crippen LogP contribution >= 0.6 is 0 Å². The molecule has 6 aromatic rings. The van der Waals surface area contributed by atoms with Gasteiger partial charge < -0.3 is 5.32 Å². The maximum Gasteiger partial charge on any atom is 0.205 e. The van der Waals surface area contributed by atoms with Gasteiger partial charge >= 0.3 is 0 Å². The Morgan fingerprint density at radius 2 is 1.14 bits per heavy atom. The summed E-state index contributed by atoms with van der Waals surface area (Å²) >= 11 is 0. The third kappa shape index (κ3) is 5.90. The highest BCUT2D eigenvalue weighted by molar-refractivity contribution is 5.80. The van der Waals surface area contributed by atoms with Gasteiger partial charge in [0, 0.05) is 12.1 Å². The lowest BCUT2D eigenvalue weighted by Crippen LogP contribution is -2.39. The molecule has 5 heteroatoms. The Labute approximate surface area is 254 Å². The predicted octanol–water partition coefficient (Wildman–Crippen LogP) is 8.13. The molecule has 6 rings (SSSR count). The van der Waals surface area contributed by atoms with Crippen molar-refractivity contribution in [2.45, 2.75) is 38.3 Å². The molecule has 43 heavy (non-hydrogen) atoms. The first kappa shape index (κ1) is 28.3. The second-order valence-corrected chi connectivity index (χ2v) is 10.8. The van der Waals surface area contributed by atoms with Crippen molar-refractivity contribution >= 4 is 0 Å².